The Bertz CT molecular complexity index is 4090. The molecule has 2 aliphatic heterocycles. The van der Waals surface area contributed by atoms with Gasteiger partial charge in [-0.2, -0.15) is 0 Å². The van der Waals surface area contributed by atoms with Gasteiger partial charge in [0.1, 0.15) is 0 Å². The Labute approximate surface area is 464 Å². The molecule has 2 spiro atoms. The largest absolute Gasteiger partial charge is 0.311 e. The maximum absolute atomic E-state index is 2.62. The lowest BCUT2D eigenvalue weighted by atomic mass is 9.33. The zero-order chi connectivity index (χ0) is 52.9. The molecule has 0 saturated carbocycles. The quantitative estimate of drug-likeness (QED) is 0.159. The van der Waals surface area contributed by atoms with E-state index in [1.54, 1.807) is 0 Å². The number of nitrogens with zero attached hydrogens (tertiary/aromatic N) is 2. The van der Waals surface area contributed by atoms with Crippen LogP contribution in [-0.2, 0) is 21.7 Å². The van der Waals surface area contributed by atoms with Gasteiger partial charge in [-0.3, -0.25) is 0 Å². The lowest BCUT2D eigenvalue weighted by molar-refractivity contribution is 0.590. The SMILES string of the molecule is CC(C)(C)c1ccc2c(c1)B1c3cc(C(C)(C)C)ccc3N(c3ccc4c(c3)C3(c5ccccc5-c5ccccc53)c3ccccc3-4)c3cccc(c31)N2c1ccc2c(c1)C1(c3ccccc3-c3ccccc31)c1ccccc1-2. The molecule has 0 bridgehead atoms. The second kappa shape index (κ2) is 15.4. The first-order valence-corrected chi connectivity index (χ1v) is 28.4. The highest BCUT2D eigenvalue weighted by Gasteiger charge is 2.54. The van der Waals surface area contributed by atoms with E-state index in [0.29, 0.717) is 0 Å². The minimum atomic E-state index is -0.466. The van der Waals surface area contributed by atoms with Gasteiger partial charge in [0.2, 0.25) is 0 Å². The Morgan fingerprint density at radius 1 is 0.278 bits per heavy atom. The average Bonchev–Trinajstić information content (AvgIpc) is 2.69. The number of anilines is 6. The summed E-state index contributed by atoms with van der Waals surface area (Å²) in [5, 5.41) is 0. The Morgan fingerprint density at radius 3 is 0.899 bits per heavy atom. The fraction of sp³-hybridized carbons (Fsp3) is 0.132. The second-order valence-corrected chi connectivity index (χ2v) is 25.1. The van der Waals surface area contributed by atoms with E-state index >= 15 is 0 Å². The lowest BCUT2D eigenvalue weighted by Crippen LogP contribution is -2.61. The predicted molar refractivity (Wildman–Crippen MR) is 330 cm³/mol. The lowest BCUT2D eigenvalue weighted by Gasteiger charge is -2.45. The van der Waals surface area contributed by atoms with Gasteiger partial charge < -0.3 is 9.80 Å². The fourth-order valence-electron chi connectivity index (χ4n) is 15.9. The molecule has 11 aromatic rings. The van der Waals surface area contributed by atoms with Gasteiger partial charge in [0.25, 0.3) is 6.71 Å². The van der Waals surface area contributed by atoms with Gasteiger partial charge >= 0.3 is 0 Å². The fourth-order valence-corrected chi connectivity index (χ4v) is 15.9. The number of rotatable bonds is 2. The van der Waals surface area contributed by atoms with Crippen LogP contribution >= 0.6 is 0 Å². The summed E-state index contributed by atoms with van der Waals surface area (Å²) in [6, 6.07) is 91.7. The van der Waals surface area contributed by atoms with Gasteiger partial charge in [-0.1, -0.05) is 230 Å². The molecule has 17 rings (SSSR count). The Balaban J connectivity index is 0.934. The van der Waals surface area contributed by atoms with Crippen molar-refractivity contribution in [3.05, 3.63) is 292 Å². The van der Waals surface area contributed by atoms with E-state index in [2.05, 4.69) is 288 Å². The Hall–Kier alpha value is -8.92. The van der Waals surface area contributed by atoms with Crippen molar-refractivity contribution in [2.24, 2.45) is 0 Å². The average molecular weight is 1010 g/mol. The van der Waals surface area contributed by atoms with Crippen LogP contribution in [0.15, 0.2) is 237 Å². The number of fused-ring (bicyclic) bond motifs is 24. The molecule has 0 aromatic heterocycles. The van der Waals surface area contributed by atoms with Gasteiger partial charge in [0.15, 0.2) is 0 Å². The number of hydrogen-bond donors (Lipinski definition) is 0. The minimum Gasteiger partial charge on any atom is -0.311 e. The van der Waals surface area contributed by atoms with Gasteiger partial charge in [0.05, 0.1) is 10.8 Å². The molecule has 4 aliphatic carbocycles. The monoisotopic (exact) mass is 1010 g/mol. The summed E-state index contributed by atoms with van der Waals surface area (Å²) in [5.41, 5.74) is 34.2. The first-order chi connectivity index (χ1) is 38.5. The van der Waals surface area contributed by atoms with Crippen molar-refractivity contribution in [3.63, 3.8) is 0 Å². The van der Waals surface area contributed by atoms with Crippen LogP contribution in [0.5, 0.6) is 0 Å². The summed E-state index contributed by atoms with van der Waals surface area (Å²) >= 11 is 0. The van der Waals surface area contributed by atoms with Gasteiger partial charge in [-0.15, -0.1) is 0 Å². The van der Waals surface area contributed by atoms with Crippen LogP contribution in [0.25, 0.3) is 44.5 Å². The van der Waals surface area contributed by atoms with Crippen molar-refractivity contribution < 1.29 is 0 Å². The maximum atomic E-state index is 2.62. The number of benzene rings is 11. The first-order valence-electron chi connectivity index (χ1n) is 28.4. The molecule has 0 fully saturated rings. The van der Waals surface area contributed by atoms with E-state index in [1.807, 2.05) is 0 Å². The normalized spacial score (nSPS) is 15.3. The standard InChI is InChI=1S/C76H57BN2/c1-73(2,3)46-34-40-68-66(42-46)77-67-43-47(74(4,5)6)35-41-69(67)79(49-37-39-57-55-25-12-18-31-63(55)76(65(57)45-49)60-28-15-9-22-52(60)53-23-10-16-29-61(53)76)71-33-19-32-70(72(71)77)78(68)48-36-38-56-54-24-11-17-30-62(54)75(64(56)44-48)58-26-13-7-20-50(58)51-21-8-14-27-59(51)75/h7-45H,1-6H3. The topological polar surface area (TPSA) is 6.48 Å². The van der Waals surface area contributed by atoms with Crippen LogP contribution in [0.2, 0.25) is 0 Å². The summed E-state index contributed by atoms with van der Waals surface area (Å²) in [7, 11) is 0. The van der Waals surface area contributed by atoms with Crippen LogP contribution in [0.3, 0.4) is 0 Å². The molecule has 0 unspecified atom stereocenters. The van der Waals surface area contributed by atoms with Crippen molar-refractivity contribution in [1.82, 2.24) is 0 Å². The Kier molecular flexibility index (Phi) is 8.81. The molecule has 6 aliphatic rings. The van der Waals surface area contributed by atoms with Crippen LogP contribution in [0, 0.1) is 0 Å². The molecule has 11 aromatic carbocycles. The van der Waals surface area contributed by atoms with E-state index < -0.39 is 10.8 Å². The molecule has 0 N–H and O–H groups in total. The van der Waals surface area contributed by atoms with Crippen molar-refractivity contribution in [2.75, 3.05) is 9.80 Å². The van der Waals surface area contributed by atoms with Gasteiger partial charge in [0, 0.05) is 34.1 Å². The smallest absolute Gasteiger partial charge is 0.252 e. The molecule has 0 radical (unpaired) electrons. The molecular formula is C76H57BN2. The molecule has 0 atom stereocenters. The maximum Gasteiger partial charge on any atom is 0.252 e. The van der Waals surface area contributed by atoms with E-state index in [0.717, 1.165) is 0 Å². The minimum absolute atomic E-state index is 0.0227. The second-order valence-electron chi connectivity index (χ2n) is 25.1. The molecule has 0 amide bonds. The molecule has 3 heteroatoms. The van der Waals surface area contributed by atoms with E-state index in [4.69, 9.17) is 0 Å². The molecule has 79 heavy (non-hydrogen) atoms. The van der Waals surface area contributed by atoms with Gasteiger partial charge in [-0.25, -0.2) is 0 Å². The zero-order valence-corrected chi connectivity index (χ0v) is 45.5. The Morgan fingerprint density at radius 2 is 0.582 bits per heavy atom. The van der Waals surface area contributed by atoms with Crippen LogP contribution in [0.1, 0.15) is 97.2 Å². The summed E-state index contributed by atoms with van der Waals surface area (Å²) in [5.74, 6) is 0. The highest BCUT2D eigenvalue weighted by atomic mass is 15.2. The van der Waals surface area contributed by atoms with Crippen molar-refractivity contribution in [3.8, 4) is 44.5 Å². The highest BCUT2D eigenvalue weighted by molar-refractivity contribution is 7.00. The summed E-state index contributed by atoms with van der Waals surface area (Å²) in [6.07, 6.45) is 0. The summed E-state index contributed by atoms with van der Waals surface area (Å²) < 4.78 is 0. The first kappa shape index (κ1) is 45.1. The molecule has 2 heterocycles. The summed E-state index contributed by atoms with van der Waals surface area (Å²) in [6.45, 7) is 14.1. The van der Waals surface area contributed by atoms with E-state index in [9.17, 15) is 0 Å². The number of hydrogen-bond acceptors (Lipinski definition) is 2. The van der Waals surface area contributed by atoms with Crippen molar-refractivity contribution in [2.45, 2.75) is 63.2 Å². The third-order valence-corrected chi connectivity index (χ3v) is 19.2. The van der Waals surface area contributed by atoms with E-state index in [1.165, 1.54) is 151 Å². The third kappa shape index (κ3) is 5.63. The van der Waals surface area contributed by atoms with E-state index in [-0.39, 0.29) is 17.5 Å². The molecule has 374 valence electrons. The molecule has 2 nitrogen and oxygen atoms in total. The summed E-state index contributed by atoms with van der Waals surface area (Å²) in [4.78, 5) is 5.25. The third-order valence-electron chi connectivity index (χ3n) is 19.2. The highest BCUT2D eigenvalue weighted by Crippen LogP contribution is 2.65. The van der Waals surface area contributed by atoms with Crippen molar-refractivity contribution >= 4 is 57.2 Å². The zero-order valence-electron chi connectivity index (χ0n) is 45.5. The van der Waals surface area contributed by atoms with Crippen molar-refractivity contribution in [1.29, 1.82) is 0 Å². The predicted octanol–water partition coefficient (Wildman–Crippen LogP) is 17.1. The van der Waals surface area contributed by atoms with Crippen LogP contribution in [0.4, 0.5) is 34.1 Å². The van der Waals surface area contributed by atoms with Crippen LogP contribution < -0.4 is 26.2 Å². The van der Waals surface area contributed by atoms with Gasteiger partial charge in [-0.05, 0) is 176 Å². The molecule has 0 saturated heterocycles. The molecular weight excluding hydrogens is 952 g/mol. The van der Waals surface area contributed by atoms with Crippen LogP contribution in [-0.4, -0.2) is 6.71 Å².